The van der Waals surface area contributed by atoms with Gasteiger partial charge in [-0.25, -0.2) is 31.9 Å². The second kappa shape index (κ2) is 23.6. The zero-order valence-corrected chi connectivity index (χ0v) is 44.0. The number of carbonyl (C=O) groups excluding carboxylic acids is 2. The number of hydrogen-bond acceptors (Lipinski definition) is 20. The van der Waals surface area contributed by atoms with E-state index in [0.717, 1.165) is 6.20 Å². The Morgan fingerprint density at radius 2 is 1.64 bits per heavy atom. The Bertz CT molecular complexity index is 3640. The molecule has 11 N–H and O–H groups in total. The highest BCUT2D eigenvalue weighted by Gasteiger charge is 2.47. The smallest absolute Gasteiger partial charge is 0.490 e. The van der Waals surface area contributed by atoms with E-state index in [1.807, 2.05) is 4.98 Å². The number of aromatic nitrogens is 2. The number of H-pyrrole nitrogens is 1. The zero-order valence-electron chi connectivity index (χ0n) is 39.7. The first-order valence-corrected chi connectivity index (χ1v) is 29.5. The lowest BCUT2D eigenvalue weighted by molar-refractivity contribution is -0.498. The minimum absolute atomic E-state index is 0.00514. The van der Waals surface area contributed by atoms with Gasteiger partial charge >= 0.3 is 39.3 Å². The summed E-state index contributed by atoms with van der Waals surface area (Å²) >= 11 is 0. The maximum atomic E-state index is 14.2. The predicted molar refractivity (Wildman–Crippen MR) is 260 cm³/mol. The molecule has 1 aromatic heterocycles. The van der Waals surface area contributed by atoms with Crippen molar-refractivity contribution in [3.05, 3.63) is 98.1 Å². The summed E-state index contributed by atoms with van der Waals surface area (Å²) in [4.78, 5) is 93.4. The molecule has 30 nitrogen and oxygen atoms in total. The van der Waals surface area contributed by atoms with E-state index in [1.165, 1.54) is 66.6 Å². The number of hydrogen-bond donors (Lipinski definition) is 11. The molecule has 0 bridgehead atoms. The van der Waals surface area contributed by atoms with E-state index in [9.17, 15) is 78.8 Å². The van der Waals surface area contributed by atoms with Gasteiger partial charge in [0.1, 0.15) is 39.9 Å². The summed E-state index contributed by atoms with van der Waals surface area (Å²) in [6.07, 6.45) is -4.16. The van der Waals surface area contributed by atoms with Gasteiger partial charge in [0.2, 0.25) is 16.2 Å². The van der Waals surface area contributed by atoms with Crippen LogP contribution in [0.4, 0.5) is 5.69 Å². The minimum atomic E-state index is -5.89. The molecule has 6 rings (SSSR count). The van der Waals surface area contributed by atoms with Gasteiger partial charge < -0.3 is 59.0 Å². The van der Waals surface area contributed by atoms with Crippen LogP contribution in [0.15, 0.2) is 84.6 Å². The van der Waals surface area contributed by atoms with Crippen molar-refractivity contribution in [1.29, 1.82) is 0 Å². The molecule has 1 fully saturated rings. The van der Waals surface area contributed by atoms with Crippen molar-refractivity contribution in [1.82, 2.24) is 19.8 Å². The van der Waals surface area contributed by atoms with Crippen LogP contribution in [-0.4, -0.2) is 140 Å². The Morgan fingerprint density at radius 1 is 0.947 bits per heavy atom. The monoisotopic (exact) mass is 1170 g/mol. The third kappa shape index (κ3) is 14.1. The lowest BCUT2D eigenvalue weighted by Gasteiger charge is -2.23. The molecule has 6 atom stereocenters. The number of aromatic amines is 1. The lowest BCUT2D eigenvalue weighted by Crippen LogP contribution is -2.76. The van der Waals surface area contributed by atoms with Crippen LogP contribution in [0.3, 0.4) is 0 Å². The summed E-state index contributed by atoms with van der Waals surface area (Å²) < 4.78 is 133. The number of phosphoric ester groups is 1. The van der Waals surface area contributed by atoms with Gasteiger partial charge in [-0.3, -0.25) is 33.0 Å². The number of aliphatic hydroxyl groups excluding tert-OH is 2. The van der Waals surface area contributed by atoms with E-state index in [1.54, 1.807) is 19.9 Å². The fourth-order valence-corrected chi connectivity index (χ4v) is 12.5. The third-order valence-electron chi connectivity index (χ3n) is 11.0. The number of rotatable bonds is 22. The van der Waals surface area contributed by atoms with Crippen LogP contribution in [0.1, 0.15) is 48.8 Å². The molecule has 2 amide bonds. The first kappa shape index (κ1) is 59.6. The third-order valence-corrected chi connectivity index (χ3v) is 16.6. The maximum absolute atomic E-state index is 14.2. The highest BCUT2D eigenvalue weighted by atomic mass is 32.2. The quantitative estimate of drug-likeness (QED) is 0.0231. The van der Waals surface area contributed by atoms with Gasteiger partial charge in [-0.15, -0.1) is 0 Å². The van der Waals surface area contributed by atoms with Gasteiger partial charge in [-0.05, 0) is 50.1 Å². The summed E-state index contributed by atoms with van der Waals surface area (Å²) in [5.41, 5.74) is -2.80. The molecule has 35 heteroatoms. The van der Waals surface area contributed by atoms with Gasteiger partial charge in [0.25, 0.3) is 11.5 Å². The Labute approximate surface area is 429 Å². The molecule has 2 unspecified atom stereocenters. The molecule has 414 valence electrons. The topological polar surface area (TPSA) is 464 Å². The molecule has 3 aliphatic rings. The zero-order chi connectivity index (χ0) is 56.3. The molecule has 0 saturated carbocycles. The first-order chi connectivity index (χ1) is 35.4. The molecule has 76 heavy (non-hydrogen) atoms. The summed E-state index contributed by atoms with van der Waals surface area (Å²) in [6.45, 7) is 2.26. The molecule has 3 aromatic rings. The fraction of sp³-hybridized carbons (Fsp3) is 0.341. The molecule has 0 spiro atoms. The number of carbonyl (C=O) groups is 2. The molecule has 3 heterocycles. The molecular formula is C41H49N6O24P3S2. The number of nitrogens with one attached hydrogen (secondary N) is 4. The highest BCUT2D eigenvalue weighted by Crippen LogP contribution is 2.66. The van der Waals surface area contributed by atoms with Crippen LogP contribution >= 0.6 is 23.5 Å². The van der Waals surface area contributed by atoms with E-state index in [4.69, 9.17) is 18.9 Å². The SMILES string of the molecule is CCNc1ccc2c(-c3ccccc3C(=O)N(C)CCCC(=O)NC/C=C/c3cn([C@@H]4O[C@H](COP(=O)(O)OP(=O)(O)OP(=O)(O)O)[C@@H](O)[C@H]4O)c(=O)[nH]c3=O)c3ccc(=[NH+]CC)c(S(=O)(=O)O)c-3oc2c1S(=O)(=O)[O-]. The van der Waals surface area contributed by atoms with Gasteiger partial charge in [0.15, 0.2) is 17.6 Å². The number of amides is 2. The minimum Gasteiger partial charge on any atom is -0.744 e. The van der Waals surface area contributed by atoms with Gasteiger partial charge in [-0.1, -0.05) is 30.4 Å². The largest absolute Gasteiger partial charge is 0.744 e. The van der Waals surface area contributed by atoms with Gasteiger partial charge in [-0.2, -0.15) is 17.0 Å². The van der Waals surface area contributed by atoms with E-state index in [2.05, 4.69) is 28.8 Å². The Morgan fingerprint density at radius 3 is 2.29 bits per heavy atom. The average Bonchev–Trinajstić information content (AvgIpc) is 3.58. The number of aliphatic hydroxyl groups is 2. The van der Waals surface area contributed by atoms with Crippen molar-refractivity contribution in [2.24, 2.45) is 0 Å². The Hall–Kier alpha value is -5.60. The molecule has 2 aliphatic heterocycles. The van der Waals surface area contributed by atoms with Crippen LogP contribution in [0.5, 0.6) is 0 Å². The van der Waals surface area contributed by atoms with E-state index >= 15 is 0 Å². The standard InChI is InChI=1S/C41H49N6O24P3S2/c1-4-42-27-16-14-25-31(26-15-17-28(43-5-2)37(76(64,65)66)35(26)69-34(25)36(27)75(61,62)63)23-11-6-7-12-24(23)39(52)46(3)19-9-13-30(48)44-18-8-10-22-20-47(41(53)45-38(22)51)40-33(50)32(49)29(68-40)21-67-73(57,58)71-74(59,60)70-72(54,55)56/h6-8,10-12,14-17,20,29,32-33,40,42,49-50H,4-5,9,13,18-19,21H2,1-3H3,(H,44,48)(H,57,58)(H,59,60)(H,45,51,53)(H2,54,55,56)(H,61,62,63)(H,64,65,66)/b10-8+,43-28?/t29-,32-,33-,40-/m1/s1. The van der Waals surface area contributed by atoms with E-state index in [-0.39, 0.29) is 83.3 Å². The van der Waals surface area contributed by atoms with Gasteiger partial charge in [0.05, 0.1) is 17.9 Å². The van der Waals surface area contributed by atoms with Crippen molar-refractivity contribution in [3.63, 3.8) is 0 Å². The normalized spacial score (nSPS) is 19.2. The van der Waals surface area contributed by atoms with Crippen LogP contribution in [0, 0.1) is 0 Å². The van der Waals surface area contributed by atoms with Crippen LogP contribution < -0.4 is 32.2 Å². The highest BCUT2D eigenvalue weighted by molar-refractivity contribution is 7.86. The van der Waals surface area contributed by atoms with E-state index < -0.39 is 119 Å². The fourth-order valence-electron chi connectivity index (χ4n) is 7.92. The average molecular weight is 1170 g/mol. The van der Waals surface area contributed by atoms with Crippen LogP contribution in [0.2, 0.25) is 0 Å². The number of ether oxygens (including phenoxy) is 1. The van der Waals surface area contributed by atoms with Crippen LogP contribution in [-0.2, 0) is 56.6 Å². The van der Waals surface area contributed by atoms with Crippen molar-refractivity contribution < 1.29 is 106 Å². The number of anilines is 1. The van der Waals surface area contributed by atoms with Crippen molar-refractivity contribution in [2.45, 2.75) is 61.0 Å². The molecule has 2 aromatic carbocycles. The first-order valence-electron chi connectivity index (χ1n) is 22.1. The summed E-state index contributed by atoms with van der Waals surface area (Å²) in [7, 11) is -26.3. The maximum Gasteiger partial charge on any atom is 0.490 e. The Kier molecular flexibility index (Phi) is 18.5. The number of benzene rings is 3. The second-order valence-corrected chi connectivity index (χ2v) is 23.5. The number of nitrogens with zero attached hydrogens (tertiary/aromatic N) is 2. The Balaban J connectivity index is 1.14. The van der Waals surface area contributed by atoms with Crippen molar-refractivity contribution >= 4 is 78.3 Å². The van der Waals surface area contributed by atoms with E-state index in [0.29, 0.717) is 4.57 Å². The van der Waals surface area contributed by atoms with Crippen molar-refractivity contribution in [2.75, 3.05) is 45.2 Å². The van der Waals surface area contributed by atoms with Crippen molar-refractivity contribution in [3.8, 4) is 22.5 Å². The molecule has 0 radical (unpaired) electrons. The summed E-state index contributed by atoms with van der Waals surface area (Å²) in [5, 5.41) is 26.4. The summed E-state index contributed by atoms with van der Waals surface area (Å²) in [6, 6.07) is 11.6. The van der Waals surface area contributed by atoms with Crippen LogP contribution in [0.25, 0.3) is 39.5 Å². The molecular weight excluding hydrogens is 1120 g/mol. The number of phosphoric acid groups is 3. The summed E-state index contributed by atoms with van der Waals surface area (Å²) in [5.74, 6) is -1.64. The number of fused-ring (bicyclic) bond motifs is 2. The molecule has 1 aliphatic carbocycles. The van der Waals surface area contributed by atoms with Gasteiger partial charge in [0, 0.05) is 67.4 Å². The lowest BCUT2D eigenvalue weighted by atomic mass is 9.90. The second-order valence-electron chi connectivity index (χ2n) is 16.4. The predicted octanol–water partition coefficient (Wildman–Crippen LogP) is -0.717. The molecule has 1 saturated heterocycles.